The molecule has 1 amide bonds. The van der Waals surface area contributed by atoms with E-state index in [1.54, 1.807) is 24.5 Å². The van der Waals surface area contributed by atoms with Crippen LogP contribution in [0.25, 0.3) is 0 Å². The van der Waals surface area contributed by atoms with E-state index in [9.17, 15) is 9.59 Å². The first kappa shape index (κ1) is 21.1. The second-order valence-corrected chi connectivity index (χ2v) is 8.14. The number of pyridine rings is 2. The summed E-state index contributed by atoms with van der Waals surface area (Å²) >= 11 is 6.21. The molecule has 1 N–H and O–H groups in total. The maximum Gasteiger partial charge on any atom is 0.253 e. The molecule has 0 spiro atoms. The largest absolute Gasteiger partial charge is 0.357 e. The predicted octanol–water partition coefficient (Wildman–Crippen LogP) is 3.87. The van der Waals surface area contributed by atoms with E-state index in [1.807, 2.05) is 30.3 Å². The quantitative estimate of drug-likeness (QED) is 0.637. The normalized spacial score (nSPS) is 13.8. The number of aromatic nitrogens is 2. The predicted molar refractivity (Wildman–Crippen MR) is 123 cm³/mol. The molecule has 6 nitrogen and oxygen atoms in total. The van der Waals surface area contributed by atoms with Gasteiger partial charge in [-0.3, -0.25) is 9.59 Å². The van der Waals surface area contributed by atoms with Crippen molar-refractivity contribution in [1.29, 1.82) is 0 Å². The van der Waals surface area contributed by atoms with Gasteiger partial charge in [0.25, 0.3) is 11.5 Å². The van der Waals surface area contributed by atoms with E-state index >= 15 is 0 Å². The van der Waals surface area contributed by atoms with Crippen molar-refractivity contribution in [3.63, 3.8) is 0 Å². The van der Waals surface area contributed by atoms with Crippen molar-refractivity contribution in [1.82, 2.24) is 14.9 Å². The van der Waals surface area contributed by atoms with Gasteiger partial charge in [0.05, 0.1) is 12.1 Å². The maximum atomic E-state index is 12.7. The van der Waals surface area contributed by atoms with Crippen molar-refractivity contribution < 1.29 is 4.79 Å². The summed E-state index contributed by atoms with van der Waals surface area (Å²) in [4.78, 5) is 31.7. The van der Waals surface area contributed by atoms with E-state index in [1.165, 1.54) is 29.9 Å². The molecule has 0 atom stereocenters. The lowest BCUT2D eigenvalue weighted by Crippen LogP contribution is -2.30. The zero-order chi connectivity index (χ0) is 21.6. The number of carbonyl (C=O) groups excluding carboxylic acids is 1. The Morgan fingerprint density at radius 2 is 1.87 bits per heavy atom. The number of piperidine rings is 1. The van der Waals surface area contributed by atoms with Crippen LogP contribution in [0.2, 0.25) is 5.02 Å². The fourth-order valence-corrected chi connectivity index (χ4v) is 3.95. The lowest BCUT2D eigenvalue weighted by atomic mass is 10.1. The van der Waals surface area contributed by atoms with Gasteiger partial charge in [-0.05, 0) is 54.7 Å². The highest BCUT2D eigenvalue weighted by molar-refractivity contribution is 6.31. The van der Waals surface area contributed by atoms with Crippen LogP contribution in [0.15, 0.2) is 65.7 Å². The van der Waals surface area contributed by atoms with Crippen molar-refractivity contribution in [2.24, 2.45) is 0 Å². The number of halogens is 1. The molecule has 7 heteroatoms. The molecule has 4 rings (SSSR count). The monoisotopic (exact) mass is 436 g/mol. The Morgan fingerprint density at radius 1 is 1.06 bits per heavy atom. The molecule has 0 unspecified atom stereocenters. The second kappa shape index (κ2) is 9.79. The highest BCUT2D eigenvalue weighted by Gasteiger charge is 2.13. The minimum atomic E-state index is -0.232. The number of benzene rings is 1. The standard InChI is InChI=1S/C24H25ClN4O2/c25-21-7-3-2-6-19(21)16-29-17-20(8-9-23(29)30)24(31)27-15-18-10-11-26-22(14-18)28-12-4-1-5-13-28/h2-3,6-11,14,17H,1,4-5,12-13,15-16H2,(H,27,31). The zero-order valence-corrected chi connectivity index (χ0v) is 18.0. The molecule has 31 heavy (non-hydrogen) atoms. The molecule has 1 fully saturated rings. The minimum Gasteiger partial charge on any atom is -0.357 e. The van der Waals surface area contributed by atoms with E-state index in [0.717, 1.165) is 30.0 Å². The van der Waals surface area contributed by atoms with Crippen LogP contribution in [0.4, 0.5) is 5.82 Å². The van der Waals surface area contributed by atoms with E-state index in [2.05, 4.69) is 15.2 Å². The van der Waals surface area contributed by atoms with E-state index in [-0.39, 0.29) is 11.5 Å². The van der Waals surface area contributed by atoms with E-state index in [4.69, 9.17) is 11.6 Å². The van der Waals surface area contributed by atoms with Crippen LogP contribution in [0.3, 0.4) is 0 Å². The van der Waals surface area contributed by atoms with Gasteiger partial charge in [-0.1, -0.05) is 29.8 Å². The Kier molecular flexibility index (Phi) is 6.67. The number of hydrogen-bond acceptors (Lipinski definition) is 4. The molecule has 160 valence electrons. The van der Waals surface area contributed by atoms with Gasteiger partial charge >= 0.3 is 0 Å². The molecule has 0 bridgehead atoms. The lowest BCUT2D eigenvalue weighted by Gasteiger charge is -2.27. The lowest BCUT2D eigenvalue weighted by molar-refractivity contribution is 0.0950. The first-order chi connectivity index (χ1) is 15.1. The van der Waals surface area contributed by atoms with Gasteiger partial charge in [0.15, 0.2) is 0 Å². The van der Waals surface area contributed by atoms with Gasteiger partial charge < -0.3 is 14.8 Å². The van der Waals surface area contributed by atoms with Gasteiger partial charge in [0, 0.05) is 43.1 Å². The molecule has 0 radical (unpaired) electrons. The van der Waals surface area contributed by atoms with Gasteiger partial charge in [-0.25, -0.2) is 4.98 Å². The van der Waals surface area contributed by atoms with Crippen LogP contribution in [-0.4, -0.2) is 28.5 Å². The third-order valence-electron chi connectivity index (χ3n) is 5.49. The molecular formula is C24H25ClN4O2. The van der Waals surface area contributed by atoms with Crippen molar-refractivity contribution in [2.45, 2.75) is 32.4 Å². The Bertz CT molecular complexity index is 1120. The molecule has 1 aliphatic rings. The van der Waals surface area contributed by atoms with Gasteiger partial charge in [0.1, 0.15) is 5.82 Å². The molecule has 0 saturated carbocycles. The first-order valence-corrected chi connectivity index (χ1v) is 10.9. The van der Waals surface area contributed by atoms with E-state index < -0.39 is 0 Å². The Morgan fingerprint density at radius 3 is 2.68 bits per heavy atom. The molecule has 2 aromatic heterocycles. The zero-order valence-electron chi connectivity index (χ0n) is 17.3. The fraction of sp³-hybridized carbons (Fsp3) is 0.292. The highest BCUT2D eigenvalue weighted by Crippen LogP contribution is 2.18. The molecule has 1 aromatic carbocycles. The van der Waals surface area contributed by atoms with Crippen LogP contribution in [0.1, 0.15) is 40.7 Å². The van der Waals surface area contributed by atoms with Crippen LogP contribution in [0.5, 0.6) is 0 Å². The summed E-state index contributed by atoms with van der Waals surface area (Å²) in [5.41, 5.74) is 2.06. The summed E-state index contributed by atoms with van der Waals surface area (Å²) in [7, 11) is 0. The minimum absolute atomic E-state index is 0.184. The maximum absolute atomic E-state index is 12.7. The molecule has 3 aromatic rings. The SMILES string of the molecule is O=C(NCc1ccnc(N2CCCCC2)c1)c1ccc(=O)n(Cc2ccccc2Cl)c1. The highest BCUT2D eigenvalue weighted by atomic mass is 35.5. The number of carbonyl (C=O) groups is 1. The second-order valence-electron chi connectivity index (χ2n) is 7.73. The van der Waals surface area contributed by atoms with Crippen molar-refractivity contribution in [3.8, 4) is 0 Å². The summed E-state index contributed by atoms with van der Waals surface area (Å²) in [6.45, 7) is 2.75. The Labute approximate surface area is 186 Å². The topological polar surface area (TPSA) is 67.2 Å². The van der Waals surface area contributed by atoms with Gasteiger partial charge in [-0.15, -0.1) is 0 Å². The summed E-state index contributed by atoms with van der Waals surface area (Å²) in [6.07, 6.45) is 7.01. The number of rotatable bonds is 6. The molecule has 1 saturated heterocycles. The first-order valence-electron chi connectivity index (χ1n) is 10.5. The van der Waals surface area contributed by atoms with Crippen LogP contribution >= 0.6 is 11.6 Å². The summed E-state index contributed by atoms with van der Waals surface area (Å²) in [6, 6.07) is 14.3. The van der Waals surface area contributed by atoms with Crippen LogP contribution in [0, 0.1) is 0 Å². The Balaban J connectivity index is 1.43. The molecule has 1 aliphatic heterocycles. The smallest absolute Gasteiger partial charge is 0.253 e. The van der Waals surface area contributed by atoms with Crippen LogP contribution < -0.4 is 15.8 Å². The number of anilines is 1. The average molecular weight is 437 g/mol. The van der Waals surface area contributed by atoms with Gasteiger partial charge in [-0.2, -0.15) is 0 Å². The van der Waals surface area contributed by atoms with Crippen LogP contribution in [-0.2, 0) is 13.1 Å². The van der Waals surface area contributed by atoms with E-state index in [0.29, 0.717) is 23.7 Å². The fourth-order valence-electron chi connectivity index (χ4n) is 3.75. The number of nitrogens with zero attached hydrogens (tertiary/aromatic N) is 3. The number of nitrogens with one attached hydrogen (secondary N) is 1. The van der Waals surface area contributed by atoms with Gasteiger partial charge in [0.2, 0.25) is 0 Å². The molecule has 3 heterocycles. The average Bonchev–Trinajstić information content (AvgIpc) is 2.81. The summed E-state index contributed by atoms with van der Waals surface area (Å²) in [5.74, 6) is 0.726. The number of amides is 1. The number of hydrogen-bond donors (Lipinski definition) is 1. The summed E-state index contributed by atoms with van der Waals surface area (Å²) < 4.78 is 1.50. The summed E-state index contributed by atoms with van der Waals surface area (Å²) in [5, 5.41) is 3.53. The molecular weight excluding hydrogens is 412 g/mol. The van der Waals surface area contributed by atoms with Crippen molar-refractivity contribution in [2.75, 3.05) is 18.0 Å². The third kappa shape index (κ3) is 5.33. The van der Waals surface area contributed by atoms with Crippen molar-refractivity contribution >= 4 is 23.3 Å². The van der Waals surface area contributed by atoms with Crippen molar-refractivity contribution in [3.05, 3.63) is 93.0 Å². The molecule has 0 aliphatic carbocycles. The Hall–Kier alpha value is -3.12. The third-order valence-corrected chi connectivity index (χ3v) is 5.86.